The molecule has 8 heteroatoms. The van der Waals surface area contributed by atoms with E-state index in [0.717, 1.165) is 49.7 Å². The number of nitrogens with one attached hydrogen (secondary N) is 2. The average Bonchev–Trinajstić information content (AvgIpc) is 3.04. The van der Waals surface area contributed by atoms with E-state index in [1.807, 2.05) is 72.8 Å². The lowest BCUT2D eigenvalue weighted by Crippen LogP contribution is -2.38. The van der Waals surface area contributed by atoms with Crippen molar-refractivity contribution < 1.29 is 24.2 Å². The van der Waals surface area contributed by atoms with Gasteiger partial charge in [-0.15, -0.1) is 11.8 Å². The molecule has 1 aliphatic heterocycles. The van der Waals surface area contributed by atoms with Crippen molar-refractivity contribution >= 4 is 29.3 Å². The number of hydrogen-bond acceptors (Lipinski definition) is 6. The molecule has 0 aliphatic carbocycles. The molecule has 7 nitrogen and oxygen atoms in total. The maximum absolute atomic E-state index is 11.4. The van der Waals surface area contributed by atoms with E-state index < -0.39 is 6.29 Å². The third kappa shape index (κ3) is 8.15. The molecule has 0 radical (unpaired) electrons. The van der Waals surface area contributed by atoms with Gasteiger partial charge in [-0.3, -0.25) is 9.59 Å². The highest BCUT2D eigenvalue weighted by atomic mass is 32.2. The Morgan fingerprint density at radius 3 is 2.18 bits per heavy atom. The lowest BCUT2D eigenvalue weighted by molar-refractivity contribution is -0.268. The molecule has 0 bridgehead atoms. The van der Waals surface area contributed by atoms with E-state index in [1.165, 1.54) is 13.8 Å². The Morgan fingerprint density at radius 1 is 0.795 bits per heavy atom. The Balaban J connectivity index is 1.39. The van der Waals surface area contributed by atoms with Gasteiger partial charge in [0.15, 0.2) is 6.29 Å². The molecule has 0 aromatic heterocycles. The molecule has 0 spiro atoms. The summed E-state index contributed by atoms with van der Waals surface area (Å²) in [5.41, 5.74) is 6.69. The Hall–Kier alpha value is -3.95. The third-order valence-corrected chi connectivity index (χ3v) is 8.77. The Kier molecular flexibility index (Phi) is 10.5. The summed E-state index contributed by atoms with van der Waals surface area (Å²) in [4.78, 5) is 23.9. The summed E-state index contributed by atoms with van der Waals surface area (Å²) < 4.78 is 13.3. The maximum atomic E-state index is 11.4. The maximum Gasteiger partial charge on any atom is 0.221 e. The van der Waals surface area contributed by atoms with E-state index in [9.17, 15) is 14.7 Å². The minimum Gasteiger partial charge on any atom is -0.392 e. The van der Waals surface area contributed by atoms with Gasteiger partial charge < -0.3 is 25.2 Å². The van der Waals surface area contributed by atoms with Crippen LogP contribution in [0.1, 0.15) is 55.4 Å². The van der Waals surface area contributed by atoms with Gasteiger partial charge in [0.05, 0.1) is 18.8 Å². The Bertz CT molecular complexity index is 1570. The second kappa shape index (κ2) is 14.7. The quantitative estimate of drug-likeness (QED) is 0.167. The van der Waals surface area contributed by atoms with Crippen molar-refractivity contribution in [2.45, 2.75) is 57.3 Å². The van der Waals surface area contributed by atoms with Crippen LogP contribution in [0.15, 0.2) is 102 Å². The summed E-state index contributed by atoms with van der Waals surface area (Å²) in [6.07, 6.45) is -0.899. The van der Waals surface area contributed by atoms with E-state index in [0.29, 0.717) is 6.54 Å². The first kappa shape index (κ1) is 31.5. The molecule has 4 aromatic carbocycles. The first-order valence-corrected chi connectivity index (χ1v) is 15.7. The predicted molar refractivity (Wildman–Crippen MR) is 174 cm³/mol. The van der Waals surface area contributed by atoms with E-state index in [1.54, 1.807) is 11.8 Å². The van der Waals surface area contributed by atoms with Crippen molar-refractivity contribution in [3.05, 3.63) is 119 Å². The van der Waals surface area contributed by atoms with Crippen LogP contribution in [0.2, 0.25) is 0 Å². The molecule has 1 fully saturated rings. The van der Waals surface area contributed by atoms with Crippen LogP contribution in [0.5, 0.6) is 0 Å². The van der Waals surface area contributed by atoms with Gasteiger partial charge in [-0.25, -0.2) is 0 Å². The van der Waals surface area contributed by atoms with Crippen LogP contribution >= 0.6 is 11.8 Å². The number of hydrogen-bond donors (Lipinski definition) is 3. The lowest BCUT2D eigenvalue weighted by Gasteiger charge is -2.41. The standard InChI is InChI=1S/C36H38N2O5S/c1-23-34(22-44-33-16-14-32(15-17-33)38-25(3)41)42-36(43-35(23)28-12-10-26(21-39)11-13-28)31-9-5-8-30(19-31)29-7-4-6-27(18-29)20-37-24(2)40/h4-19,23,34-36,39H,20-22H2,1-3H3,(H,37,40)(H,38,41). The fraction of sp³-hybridized carbons (Fsp3) is 0.278. The number of carbonyl (C=O) groups excluding carboxylic acids is 2. The number of rotatable bonds is 10. The highest BCUT2D eigenvalue weighted by Crippen LogP contribution is 2.43. The van der Waals surface area contributed by atoms with Gasteiger partial charge in [0.2, 0.25) is 11.8 Å². The number of ether oxygens (including phenoxy) is 2. The van der Waals surface area contributed by atoms with Crippen LogP contribution in [-0.4, -0.2) is 28.8 Å². The van der Waals surface area contributed by atoms with Gasteiger partial charge in [-0.2, -0.15) is 0 Å². The van der Waals surface area contributed by atoms with Crippen LogP contribution in [0.25, 0.3) is 11.1 Å². The molecule has 1 heterocycles. The van der Waals surface area contributed by atoms with Crippen molar-refractivity contribution in [1.29, 1.82) is 0 Å². The molecule has 1 saturated heterocycles. The molecule has 5 rings (SSSR count). The Labute approximate surface area is 263 Å². The molecule has 1 aliphatic rings. The third-order valence-electron chi connectivity index (χ3n) is 7.67. The van der Waals surface area contributed by atoms with Crippen molar-refractivity contribution in [3.8, 4) is 11.1 Å². The highest BCUT2D eigenvalue weighted by molar-refractivity contribution is 7.99. The van der Waals surface area contributed by atoms with Gasteiger partial charge in [0.1, 0.15) is 0 Å². The summed E-state index contributed by atoms with van der Waals surface area (Å²) in [6, 6.07) is 32.1. The summed E-state index contributed by atoms with van der Waals surface area (Å²) in [5, 5.41) is 15.2. The van der Waals surface area contributed by atoms with Crippen LogP contribution in [0.3, 0.4) is 0 Å². The smallest absolute Gasteiger partial charge is 0.221 e. The lowest BCUT2D eigenvalue weighted by atomic mass is 9.91. The Morgan fingerprint density at radius 2 is 1.50 bits per heavy atom. The van der Waals surface area contributed by atoms with Gasteiger partial charge in [-0.1, -0.05) is 67.6 Å². The van der Waals surface area contributed by atoms with Crippen LogP contribution in [-0.2, 0) is 32.2 Å². The fourth-order valence-electron chi connectivity index (χ4n) is 5.28. The molecule has 4 atom stereocenters. The number of aliphatic hydroxyl groups is 1. The average molecular weight is 611 g/mol. The molecule has 44 heavy (non-hydrogen) atoms. The van der Waals surface area contributed by atoms with Crippen molar-refractivity contribution in [2.75, 3.05) is 11.1 Å². The molecule has 3 N–H and O–H groups in total. The molecule has 0 saturated carbocycles. The number of benzene rings is 4. The number of thioether (sulfide) groups is 1. The summed E-state index contributed by atoms with van der Waals surface area (Å²) >= 11 is 1.71. The van der Waals surface area contributed by atoms with E-state index >= 15 is 0 Å². The van der Waals surface area contributed by atoms with Crippen molar-refractivity contribution in [1.82, 2.24) is 5.32 Å². The van der Waals surface area contributed by atoms with Crippen LogP contribution in [0, 0.1) is 5.92 Å². The zero-order chi connectivity index (χ0) is 31.1. The second-order valence-corrected chi connectivity index (χ2v) is 12.2. The SMILES string of the molecule is CC(=O)NCc1cccc(-c2cccc(C3OC(CSc4ccc(NC(C)=O)cc4)C(C)C(c4ccc(CO)cc4)O3)c2)c1. The zero-order valence-corrected chi connectivity index (χ0v) is 26.0. The number of amides is 2. The first-order chi connectivity index (χ1) is 21.3. The molecule has 4 unspecified atom stereocenters. The molecular weight excluding hydrogens is 572 g/mol. The second-order valence-electron chi connectivity index (χ2n) is 11.1. The highest BCUT2D eigenvalue weighted by Gasteiger charge is 2.38. The number of carbonyl (C=O) groups is 2. The minimum atomic E-state index is -0.580. The summed E-state index contributed by atoms with van der Waals surface area (Å²) in [5.74, 6) is 0.622. The van der Waals surface area contributed by atoms with Gasteiger partial charge in [0, 0.05) is 48.2 Å². The molecule has 4 aromatic rings. The molecule has 228 valence electrons. The normalized spacial score (nSPS) is 19.7. The van der Waals surface area contributed by atoms with Gasteiger partial charge in [-0.05, 0) is 64.2 Å². The zero-order valence-electron chi connectivity index (χ0n) is 25.2. The summed E-state index contributed by atoms with van der Waals surface area (Å²) in [7, 11) is 0. The van der Waals surface area contributed by atoms with Crippen molar-refractivity contribution in [3.63, 3.8) is 0 Å². The van der Waals surface area contributed by atoms with Gasteiger partial charge in [0.25, 0.3) is 0 Å². The van der Waals surface area contributed by atoms with E-state index in [-0.39, 0.29) is 36.5 Å². The van der Waals surface area contributed by atoms with E-state index in [2.05, 4.69) is 41.8 Å². The van der Waals surface area contributed by atoms with Gasteiger partial charge >= 0.3 is 0 Å². The monoisotopic (exact) mass is 610 g/mol. The first-order valence-electron chi connectivity index (χ1n) is 14.7. The van der Waals surface area contributed by atoms with E-state index in [4.69, 9.17) is 9.47 Å². The topological polar surface area (TPSA) is 96.9 Å². The largest absolute Gasteiger partial charge is 0.392 e. The minimum absolute atomic E-state index is 0.00804. The van der Waals surface area contributed by atoms with Crippen LogP contribution in [0.4, 0.5) is 5.69 Å². The predicted octanol–water partition coefficient (Wildman–Crippen LogP) is 7.02. The fourth-order valence-corrected chi connectivity index (χ4v) is 6.35. The van der Waals surface area contributed by atoms with Crippen molar-refractivity contribution in [2.24, 2.45) is 5.92 Å². The summed E-state index contributed by atoms with van der Waals surface area (Å²) in [6.45, 7) is 5.64. The number of aliphatic hydroxyl groups excluding tert-OH is 1. The van der Waals surface area contributed by atoms with Crippen LogP contribution < -0.4 is 10.6 Å². The molecule has 2 amide bonds. The molecular formula is C36H38N2O5S. The number of anilines is 1.